The van der Waals surface area contributed by atoms with Crippen molar-refractivity contribution in [3.05, 3.63) is 41.5 Å². The highest BCUT2D eigenvalue weighted by Crippen LogP contribution is 2.43. The van der Waals surface area contributed by atoms with E-state index in [0.29, 0.717) is 35.9 Å². The standard InChI is InChI=1S/C36H53N3O6/c1-41-30-12-11-28(25-31(30)42-2)36(16-22-37-20-13-29(14-21-37)38-17-8-6-9-18-38)15-7-10-19-39(26-36)35(40)27-23-32(43-3)34(45-5)33(24-27)44-4/h11-12,23-25,29H,6-10,13-22,26H2,1-5H3/t36-/m1/s1. The van der Waals surface area contributed by atoms with Crippen molar-refractivity contribution < 1.29 is 28.5 Å². The molecule has 9 nitrogen and oxygen atoms in total. The van der Waals surface area contributed by atoms with Gasteiger partial charge in [-0.25, -0.2) is 0 Å². The Morgan fingerprint density at radius 1 is 0.733 bits per heavy atom. The molecule has 0 saturated carbocycles. The quantitative estimate of drug-likeness (QED) is 0.319. The Morgan fingerprint density at radius 2 is 1.38 bits per heavy atom. The highest BCUT2D eigenvalue weighted by atomic mass is 16.5. The summed E-state index contributed by atoms with van der Waals surface area (Å²) in [7, 11) is 8.09. The molecule has 45 heavy (non-hydrogen) atoms. The maximum Gasteiger partial charge on any atom is 0.254 e. The number of likely N-dealkylation sites (tertiary alicyclic amines) is 3. The molecule has 0 spiro atoms. The molecule has 0 radical (unpaired) electrons. The molecule has 1 atom stereocenters. The van der Waals surface area contributed by atoms with Crippen molar-refractivity contribution in [1.82, 2.24) is 14.7 Å². The Kier molecular flexibility index (Phi) is 11.4. The summed E-state index contributed by atoms with van der Waals surface area (Å²) < 4.78 is 28.0. The largest absolute Gasteiger partial charge is 0.493 e. The summed E-state index contributed by atoms with van der Waals surface area (Å²) in [6.07, 6.45) is 10.5. The number of piperidine rings is 2. The summed E-state index contributed by atoms with van der Waals surface area (Å²) in [5.74, 6) is 2.86. The van der Waals surface area contributed by atoms with E-state index in [1.165, 1.54) is 50.8 Å². The van der Waals surface area contributed by atoms with Crippen molar-refractivity contribution in [3.8, 4) is 28.7 Å². The summed E-state index contributed by atoms with van der Waals surface area (Å²) in [6.45, 7) is 7.14. The molecule has 9 heteroatoms. The van der Waals surface area contributed by atoms with Crippen molar-refractivity contribution >= 4 is 5.91 Å². The van der Waals surface area contributed by atoms with Gasteiger partial charge in [0, 0.05) is 30.1 Å². The zero-order chi connectivity index (χ0) is 31.8. The van der Waals surface area contributed by atoms with Crippen LogP contribution in [-0.2, 0) is 5.41 Å². The minimum absolute atomic E-state index is 0.0247. The molecule has 3 aliphatic rings. The zero-order valence-corrected chi connectivity index (χ0v) is 28.1. The molecule has 2 aromatic rings. The third-order valence-electron chi connectivity index (χ3n) is 10.4. The molecule has 3 heterocycles. The number of nitrogens with zero attached hydrogens (tertiary/aromatic N) is 3. The number of ether oxygens (including phenoxy) is 5. The van der Waals surface area contributed by atoms with Gasteiger partial charge in [0.15, 0.2) is 23.0 Å². The number of rotatable bonds is 11. The first kappa shape index (κ1) is 33.2. The molecule has 3 fully saturated rings. The first-order valence-electron chi connectivity index (χ1n) is 16.7. The average Bonchev–Trinajstić information content (AvgIpc) is 3.33. The van der Waals surface area contributed by atoms with Gasteiger partial charge in [-0.15, -0.1) is 0 Å². The van der Waals surface area contributed by atoms with Crippen molar-refractivity contribution in [1.29, 1.82) is 0 Å². The first-order chi connectivity index (χ1) is 21.9. The second-order valence-electron chi connectivity index (χ2n) is 12.9. The number of amides is 1. The monoisotopic (exact) mass is 623 g/mol. The first-order valence-corrected chi connectivity index (χ1v) is 16.7. The van der Waals surface area contributed by atoms with Crippen LogP contribution in [0.5, 0.6) is 28.7 Å². The van der Waals surface area contributed by atoms with Gasteiger partial charge in [-0.1, -0.05) is 18.9 Å². The Hall–Kier alpha value is -3.17. The van der Waals surface area contributed by atoms with E-state index in [4.69, 9.17) is 23.7 Å². The molecule has 0 N–H and O–H groups in total. The van der Waals surface area contributed by atoms with Crippen LogP contribution in [-0.4, -0.2) is 108 Å². The molecule has 3 saturated heterocycles. The molecule has 0 unspecified atom stereocenters. The maximum atomic E-state index is 14.2. The van der Waals surface area contributed by atoms with Crippen molar-refractivity contribution in [3.63, 3.8) is 0 Å². The van der Waals surface area contributed by atoms with Crippen LogP contribution in [0.15, 0.2) is 30.3 Å². The van der Waals surface area contributed by atoms with E-state index in [1.807, 2.05) is 11.0 Å². The molecule has 5 rings (SSSR count). The minimum atomic E-state index is -0.226. The normalized spacial score (nSPS) is 22.0. The number of methoxy groups -OCH3 is 5. The van der Waals surface area contributed by atoms with Crippen LogP contribution in [0.2, 0.25) is 0 Å². The molecule has 248 valence electrons. The molecule has 1 amide bonds. The van der Waals surface area contributed by atoms with E-state index in [-0.39, 0.29) is 11.3 Å². The van der Waals surface area contributed by atoms with E-state index < -0.39 is 0 Å². The lowest BCUT2D eigenvalue weighted by molar-refractivity contribution is 0.0695. The van der Waals surface area contributed by atoms with Gasteiger partial charge in [0.05, 0.1) is 35.5 Å². The van der Waals surface area contributed by atoms with Crippen LogP contribution < -0.4 is 23.7 Å². The van der Waals surface area contributed by atoms with Crippen LogP contribution in [0.1, 0.15) is 73.7 Å². The van der Waals surface area contributed by atoms with Crippen LogP contribution in [0, 0.1) is 0 Å². The lowest BCUT2D eigenvalue weighted by Crippen LogP contribution is -2.48. The van der Waals surface area contributed by atoms with Gasteiger partial charge < -0.3 is 38.4 Å². The Bertz CT molecular complexity index is 1250. The number of hydrogen-bond acceptors (Lipinski definition) is 8. The zero-order valence-electron chi connectivity index (χ0n) is 28.1. The molecular formula is C36H53N3O6. The van der Waals surface area contributed by atoms with Gasteiger partial charge in [-0.3, -0.25) is 4.79 Å². The number of carbonyl (C=O) groups is 1. The van der Waals surface area contributed by atoms with E-state index in [0.717, 1.165) is 62.9 Å². The van der Waals surface area contributed by atoms with Gasteiger partial charge in [0.1, 0.15) is 0 Å². The summed E-state index contributed by atoms with van der Waals surface area (Å²) in [5.41, 5.74) is 1.51. The van der Waals surface area contributed by atoms with Gasteiger partial charge in [0.25, 0.3) is 5.91 Å². The topological polar surface area (TPSA) is 72.9 Å². The third-order valence-corrected chi connectivity index (χ3v) is 10.4. The average molecular weight is 624 g/mol. The molecule has 0 aromatic heterocycles. The fourth-order valence-electron chi connectivity index (χ4n) is 7.76. The smallest absolute Gasteiger partial charge is 0.254 e. The molecule has 0 aliphatic carbocycles. The lowest BCUT2D eigenvalue weighted by Gasteiger charge is -2.42. The lowest BCUT2D eigenvalue weighted by atomic mass is 9.73. The van der Waals surface area contributed by atoms with Gasteiger partial charge in [0.2, 0.25) is 5.75 Å². The predicted molar refractivity (Wildman–Crippen MR) is 177 cm³/mol. The van der Waals surface area contributed by atoms with E-state index in [1.54, 1.807) is 47.7 Å². The van der Waals surface area contributed by atoms with Gasteiger partial charge in [-0.05, 0) is 107 Å². The van der Waals surface area contributed by atoms with Crippen molar-refractivity contribution in [2.75, 3.05) is 81.4 Å². The second kappa shape index (κ2) is 15.4. The number of benzene rings is 2. The van der Waals surface area contributed by atoms with Crippen molar-refractivity contribution in [2.24, 2.45) is 0 Å². The summed E-state index contributed by atoms with van der Waals surface area (Å²) in [6, 6.07) is 10.6. The fourth-order valence-corrected chi connectivity index (χ4v) is 7.76. The summed E-state index contributed by atoms with van der Waals surface area (Å²) >= 11 is 0. The highest BCUT2D eigenvalue weighted by molar-refractivity contribution is 5.95. The van der Waals surface area contributed by atoms with E-state index in [2.05, 4.69) is 21.9 Å². The van der Waals surface area contributed by atoms with E-state index in [9.17, 15) is 4.79 Å². The molecular weight excluding hydrogens is 570 g/mol. The Balaban J connectivity index is 1.40. The van der Waals surface area contributed by atoms with Crippen LogP contribution in [0.3, 0.4) is 0 Å². The van der Waals surface area contributed by atoms with Gasteiger partial charge in [-0.2, -0.15) is 0 Å². The van der Waals surface area contributed by atoms with Crippen molar-refractivity contribution in [2.45, 2.75) is 69.2 Å². The highest BCUT2D eigenvalue weighted by Gasteiger charge is 2.39. The van der Waals surface area contributed by atoms with Crippen LogP contribution >= 0.6 is 0 Å². The van der Waals surface area contributed by atoms with Crippen LogP contribution in [0.4, 0.5) is 0 Å². The van der Waals surface area contributed by atoms with E-state index >= 15 is 0 Å². The predicted octanol–water partition coefficient (Wildman–Crippen LogP) is 5.63. The SMILES string of the molecule is COc1ccc([C@@]2(CCN3CCC(N4CCCCC4)CC3)CCCCN(C(=O)c3cc(OC)c(OC)c(OC)c3)C2)cc1OC. The number of hydrogen-bond donors (Lipinski definition) is 0. The Labute approximate surface area is 269 Å². The van der Waals surface area contributed by atoms with Crippen LogP contribution in [0.25, 0.3) is 0 Å². The summed E-state index contributed by atoms with van der Waals surface area (Å²) in [5, 5.41) is 0. The molecule has 2 aromatic carbocycles. The second-order valence-corrected chi connectivity index (χ2v) is 12.9. The third kappa shape index (κ3) is 7.46. The summed E-state index contributed by atoms with van der Waals surface area (Å²) in [4.78, 5) is 21.7. The number of carbonyl (C=O) groups excluding carboxylic acids is 1. The maximum absolute atomic E-state index is 14.2. The molecule has 3 aliphatic heterocycles. The molecule has 0 bridgehead atoms. The fraction of sp³-hybridized carbons (Fsp3) is 0.639. The minimum Gasteiger partial charge on any atom is -0.493 e. The van der Waals surface area contributed by atoms with Gasteiger partial charge >= 0.3 is 0 Å². The Morgan fingerprint density at radius 3 is 2.00 bits per heavy atom.